The second-order valence-electron chi connectivity index (χ2n) is 5.60. The average molecular weight is 244 g/mol. The number of benzene rings is 1. The van der Waals surface area contributed by atoms with E-state index in [-0.39, 0.29) is 0 Å². The van der Waals surface area contributed by atoms with E-state index in [4.69, 9.17) is 0 Å². The Hall–Kier alpha value is -1.08. The SMILES string of the molecule is CC=CC=C(C)c1cccc([Si](C)(C)C)c1C. The molecule has 0 spiro atoms. The van der Waals surface area contributed by atoms with Crippen LogP contribution in [0.5, 0.6) is 0 Å². The van der Waals surface area contributed by atoms with Crippen molar-refractivity contribution in [2.24, 2.45) is 0 Å². The highest BCUT2D eigenvalue weighted by Crippen LogP contribution is 2.19. The van der Waals surface area contributed by atoms with Crippen LogP contribution in [0.2, 0.25) is 19.6 Å². The molecule has 0 saturated carbocycles. The Labute approximate surface area is 107 Å². The van der Waals surface area contributed by atoms with Gasteiger partial charge in [-0.15, -0.1) is 0 Å². The van der Waals surface area contributed by atoms with Crippen LogP contribution in [0.15, 0.2) is 36.4 Å². The van der Waals surface area contributed by atoms with Gasteiger partial charge in [-0.2, -0.15) is 0 Å². The van der Waals surface area contributed by atoms with E-state index < -0.39 is 8.07 Å². The zero-order chi connectivity index (χ0) is 13.1. The largest absolute Gasteiger partial charge is 0.0877 e. The molecule has 0 heterocycles. The monoisotopic (exact) mass is 244 g/mol. The van der Waals surface area contributed by atoms with E-state index in [1.54, 1.807) is 5.19 Å². The predicted molar refractivity (Wildman–Crippen MR) is 82.6 cm³/mol. The minimum absolute atomic E-state index is 1.23. The van der Waals surface area contributed by atoms with Crippen LogP contribution < -0.4 is 5.19 Å². The molecule has 0 fully saturated rings. The highest BCUT2D eigenvalue weighted by atomic mass is 28.3. The van der Waals surface area contributed by atoms with Gasteiger partial charge in [0.15, 0.2) is 0 Å². The molecule has 0 aliphatic heterocycles. The summed E-state index contributed by atoms with van der Waals surface area (Å²) in [5.41, 5.74) is 4.20. The Morgan fingerprint density at radius 2 is 1.82 bits per heavy atom. The summed E-state index contributed by atoms with van der Waals surface area (Å²) in [4.78, 5) is 0. The Balaban J connectivity index is 3.29. The molecule has 0 saturated heterocycles. The van der Waals surface area contributed by atoms with Crippen molar-refractivity contribution in [3.05, 3.63) is 47.6 Å². The Morgan fingerprint density at radius 3 is 2.35 bits per heavy atom. The van der Waals surface area contributed by atoms with Crippen molar-refractivity contribution in [2.75, 3.05) is 0 Å². The first-order chi connectivity index (χ1) is 7.88. The van der Waals surface area contributed by atoms with Crippen LogP contribution in [0.25, 0.3) is 5.57 Å². The third kappa shape index (κ3) is 3.44. The van der Waals surface area contributed by atoms with E-state index in [1.165, 1.54) is 16.7 Å². The zero-order valence-electron chi connectivity index (χ0n) is 12.0. The van der Waals surface area contributed by atoms with E-state index >= 15 is 0 Å². The number of allylic oxidation sites excluding steroid dienone is 4. The maximum atomic E-state index is 2.41. The van der Waals surface area contributed by atoms with Gasteiger partial charge in [-0.1, -0.05) is 61.3 Å². The Kier molecular flexibility index (Phi) is 4.52. The molecule has 1 aromatic rings. The number of rotatable bonds is 3. The summed E-state index contributed by atoms with van der Waals surface area (Å²) in [6, 6.07) is 6.73. The summed E-state index contributed by atoms with van der Waals surface area (Å²) < 4.78 is 0. The lowest BCUT2D eigenvalue weighted by Crippen LogP contribution is -2.39. The molecule has 0 aliphatic carbocycles. The summed E-state index contributed by atoms with van der Waals surface area (Å²) in [5.74, 6) is 0. The fourth-order valence-electron chi connectivity index (χ4n) is 2.21. The quantitative estimate of drug-likeness (QED) is 0.542. The molecule has 0 aliphatic rings. The molecule has 17 heavy (non-hydrogen) atoms. The molecular weight excluding hydrogens is 220 g/mol. The standard InChI is InChI=1S/C16H24Si/c1-7-8-10-13(2)15-11-9-12-16(14(15)3)17(4,5)6/h7-12H,1-6H3. The van der Waals surface area contributed by atoms with Crippen LogP contribution in [0, 0.1) is 6.92 Å². The molecule has 1 aromatic carbocycles. The second kappa shape index (κ2) is 5.50. The van der Waals surface area contributed by atoms with Crippen LogP contribution in [0.1, 0.15) is 25.0 Å². The fraction of sp³-hybridized carbons (Fsp3) is 0.375. The van der Waals surface area contributed by atoms with Gasteiger partial charge in [-0.05, 0) is 37.5 Å². The van der Waals surface area contributed by atoms with Gasteiger partial charge in [-0.3, -0.25) is 0 Å². The average Bonchev–Trinajstić information content (AvgIpc) is 2.24. The number of hydrogen-bond acceptors (Lipinski definition) is 0. The minimum Gasteiger partial charge on any atom is -0.0877 e. The smallest absolute Gasteiger partial charge is 0.0779 e. The van der Waals surface area contributed by atoms with Crippen molar-refractivity contribution in [1.29, 1.82) is 0 Å². The molecule has 1 rings (SSSR count). The highest BCUT2D eigenvalue weighted by Gasteiger charge is 2.19. The van der Waals surface area contributed by atoms with E-state index in [9.17, 15) is 0 Å². The van der Waals surface area contributed by atoms with Crippen LogP contribution in [-0.2, 0) is 0 Å². The highest BCUT2D eigenvalue weighted by molar-refractivity contribution is 6.89. The van der Waals surface area contributed by atoms with Gasteiger partial charge >= 0.3 is 0 Å². The molecule has 0 N–H and O–H groups in total. The van der Waals surface area contributed by atoms with Gasteiger partial charge in [-0.25, -0.2) is 0 Å². The van der Waals surface area contributed by atoms with E-state index in [0.29, 0.717) is 0 Å². The molecule has 0 radical (unpaired) electrons. The third-order valence-corrected chi connectivity index (χ3v) is 5.26. The minimum atomic E-state index is -1.23. The van der Waals surface area contributed by atoms with Gasteiger partial charge in [0.05, 0.1) is 8.07 Å². The van der Waals surface area contributed by atoms with Gasteiger partial charge in [0, 0.05) is 0 Å². The summed E-state index contributed by atoms with van der Waals surface area (Å²) in [5, 5.41) is 1.57. The van der Waals surface area contributed by atoms with Gasteiger partial charge < -0.3 is 0 Å². The summed E-state index contributed by atoms with van der Waals surface area (Å²) >= 11 is 0. The molecule has 0 atom stereocenters. The summed E-state index contributed by atoms with van der Waals surface area (Å²) in [6.07, 6.45) is 6.37. The predicted octanol–water partition coefficient (Wildman–Crippen LogP) is 4.52. The molecule has 0 amide bonds. The van der Waals surface area contributed by atoms with E-state index in [2.05, 4.69) is 76.8 Å². The number of hydrogen-bond donors (Lipinski definition) is 0. The van der Waals surface area contributed by atoms with Crippen molar-refractivity contribution >= 4 is 18.8 Å². The molecule has 0 nitrogen and oxygen atoms in total. The molecule has 0 bridgehead atoms. The Morgan fingerprint density at radius 1 is 1.18 bits per heavy atom. The molecule has 1 heteroatoms. The van der Waals surface area contributed by atoms with Gasteiger partial charge in [0.2, 0.25) is 0 Å². The van der Waals surface area contributed by atoms with Crippen LogP contribution in [-0.4, -0.2) is 8.07 Å². The van der Waals surface area contributed by atoms with Crippen LogP contribution >= 0.6 is 0 Å². The topological polar surface area (TPSA) is 0 Å². The maximum absolute atomic E-state index is 2.41. The molecule has 0 unspecified atom stereocenters. The molecule has 92 valence electrons. The lowest BCUT2D eigenvalue weighted by Gasteiger charge is -2.21. The lowest BCUT2D eigenvalue weighted by molar-refractivity contribution is 1.42. The second-order valence-corrected chi connectivity index (χ2v) is 10.6. The normalized spacial score (nSPS) is 13.4. The van der Waals surface area contributed by atoms with Crippen molar-refractivity contribution in [3.8, 4) is 0 Å². The first kappa shape index (κ1) is 14.0. The molecular formula is C16H24Si. The maximum Gasteiger partial charge on any atom is 0.0779 e. The third-order valence-electron chi connectivity index (χ3n) is 3.11. The van der Waals surface area contributed by atoms with Crippen molar-refractivity contribution in [1.82, 2.24) is 0 Å². The zero-order valence-corrected chi connectivity index (χ0v) is 13.0. The van der Waals surface area contributed by atoms with Crippen LogP contribution in [0.3, 0.4) is 0 Å². The fourth-order valence-corrected chi connectivity index (χ4v) is 4.06. The van der Waals surface area contributed by atoms with Crippen LogP contribution in [0.4, 0.5) is 0 Å². The molecule has 0 aromatic heterocycles. The van der Waals surface area contributed by atoms with Crippen molar-refractivity contribution in [2.45, 2.75) is 40.4 Å². The van der Waals surface area contributed by atoms with Gasteiger partial charge in [0.1, 0.15) is 0 Å². The van der Waals surface area contributed by atoms with E-state index in [0.717, 1.165) is 0 Å². The van der Waals surface area contributed by atoms with Gasteiger partial charge in [0.25, 0.3) is 0 Å². The van der Waals surface area contributed by atoms with Crippen molar-refractivity contribution < 1.29 is 0 Å². The van der Waals surface area contributed by atoms with E-state index in [1.807, 2.05) is 0 Å². The lowest BCUT2D eigenvalue weighted by atomic mass is 10.0. The first-order valence-corrected chi connectivity index (χ1v) is 9.78. The summed E-state index contributed by atoms with van der Waals surface area (Å²) in [7, 11) is -1.23. The van der Waals surface area contributed by atoms with Crippen molar-refractivity contribution in [3.63, 3.8) is 0 Å². The summed E-state index contributed by atoms with van der Waals surface area (Å²) in [6.45, 7) is 13.7. The first-order valence-electron chi connectivity index (χ1n) is 6.28. The Bertz CT molecular complexity index is 445.